The monoisotopic (exact) mass is 367 g/mol. The number of aryl methyl sites for hydroxylation is 1. The van der Waals surface area contributed by atoms with E-state index < -0.39 is 0 Å². The van der Waals surface area contributed by atoms with Crippen LogP contribution in [-0.4, -0.2) is 4.57 Å². The van der Waals surface area contributed by atoms with Crippen LogP contribution in [0.1, 0.15) is 30.7 Å². The highest BCUT2D eigenvalue weighted by molar-refractivity contribution is 7.21. The molecule has 0 amide bonds. The van der Waals surface area contributed by atoms with E-state index in [1.54, 1.807) is 4.88 Å². The van der Waals surface area contributed by atoms with Crippen molar-refractivity contribution in [2.24, 2.45) is 7.05 Å². The number of fused-ring (bicyclic) bond motifs is 9. The molecule has 1 atom stereocenters. The van der Waals surface area contributed by atoms with Crippen molar-refractivity contribution in [1.29, 1.82) is 0 Å². The molecular formula is C25H21NS. The van der Waals surface area contributed by atoms with Crippen LogP contribution in [-0.2, 0) is 12.5 Å². The van der Waals surface area contributed by atoms with Crippen molar-refractivity contribution < 1.29 is 0 Å². The Kier molecular flexibility index (Phi) is 2.88. The lowest BCUT2D eigenvalue weighted by atomic mass is 9.82. The first-order chi connectivity index (χ1) is 13.1. The highest BCUT2D eigenvalue weighted by atomic mass is 32.1. The van der Waals surface area contributed by atoms with Gasteiger partial charge in [-0.25, -0.2) is 0 Å². The molecule has 2 heteroatoms. The molecule has 0 bridgehead atoms. The molecular weight excluding hydrogens is 346 g/mol. The van der Waals surface area contributed by atoms with Crippen molar-refractivity contribution in [2.45, 2.75) is 25.7 Å². The Labute approximate surface area is 162 Å². The fourth-order valence-electron chi connectivity index (χ4n) is 5.12. The third-order valence-electron chi connectivity index (χ3n) is 6.72. The first kappa shape index (κ1) is 15.5. The number of aromatic nitrogens is 1. The zero-order chi connectivity index (χ0) is 18.3. The molecule has 1 unspecified atom stereocenters. The van der Waals surface area contributed by atoms with E-state index >= 15 is 0 Å². The lowest BCUT2D eigenvalue weighted by Crippen LogP contribution is -2.17. The fourth-order valence-corrected chi connectivity index (χ4v) is 6.75. The molecule has 2 aromatic heterocycles. The van der Waals surface area contributed by atoms with Gasteiger partial charge in [0.15, 0.2) is 0 Å². The number of nitrogens with zero attached hydrogens (tertiary/aromatic N) is 1. The van der Waals surface area contributed by atoms with Crippen LogP contribution >= 0.6 is 11.3 Å². The zero-order valence-corrected chi connectivity index (χ0v) is 16.7. The molecule has 0 saturated heterocycles. The van der Waals surface area contributed by atoms with Gasteiger partial charge in [-0.1, -0.05) is 68.4 Å². The minimum absolute atomic E-state index is 0.118. The lowest BCUT2D eigenvalue weighted by molar-refractivity contribution is 0.575. The standard InChI is InChI=1S/C25H21NS/c1-4-25(2)19-11-7-5-10-17(19)21-18-14-13-16-15-9-6-8-12-20(15)26(3)22(16)23(18)27-24(21)25/h5-14H,4H2,1-3H3. The van der Waals surface area contributed by atoms with Crippen molar-refractivity contribution in [1.82, 2.24) is 4.57 Å². The Morgan fingerprint density at radius 2 is 1.63 bits per heavy atom. The van der Waals surface area contributed by atoms with E-state index in [1.165, 1.54) is 48.6 Å². The summed E-state index contributed by atoms with van der Waals surface area (Å²) in [5.41, 5.74) is 7.21. The van der Waals surface area contributed by atoms with Gasteiger partial charge in [-0.3, -0.25) is 0 Å². The highest BCUT2D eigenvalue weighted by Crippen LogP contribution is 2.57. The Morgan fingerprint density at radius 1 is 0.889 bits per heavy atom. The summed E-state index contributed by atoms with van der Waals surface area (Å²) in [4.78, 5) is 1.54. The highest BCUT2D eigenvalue weighted by Gasteiger charge is 2.40. The van der Waals surface area contributed by atoms with Gasteiger partial charge in [0.1, 0.15) is 0 Å². The molecule has 6 rings (SSSR count). The summed E-state index contributed by atoms with van der Waals surface area (Å²) >= 11 is 2.01. The average molecular weight is 368 g/mol. The second-order valence-corrected chi connectivity index (χ2v) is 8.97. The second-order valence-electron chi connectivity index (χ2n) is 7.95. The summed E-state index contributed by atoms with van der Waals surface area (Å²) in [5, 5.41) is 4.13. The Balaban J connectivity index is 1.83. The normalized spacial score (nSPS) is 18.5. The van der Waals surface area contributed by atoms with Gasteiger partial charge in [-0.15, -0.1) is 11.3 Å². The molecule has 27 heavy (non-hydrogen) atoms. The predicted octanol–water partition coefficient (Wildman–Crippen LogP) is 7.24. The number of hydrogen-bond donors (Lipinski definition) is 0. The van der Waals surface area contributed by atoms with Crippen molar-refractivity contribution >= 4 is 43.2 Å². The van der Waals surface area contributed by atoms with Crippen molar-refractivity contribution in [3.05, 3.63) is 71.1 Å². The smallest absolute Gasteiger partial charge is 0.0670 e. The van der Waals surface area contributed by atoms with Crippen LogP contribution in [0.25, 0.3) is 43.0 Å². The third-order valence-corrected chi connectivity index (χ3v) is 8.20. The molecule has 0 radical (unpaired) electrons. The van der Waals surface area contributed by atoms with Gasteiger partial charge in [0.25, 0.3) is 0 Å². The predicted molar refractivity (Wildman–Crippen MR) is 118 cm³/mol. The summed E-state index contributed by atoms with van der Waals surface area (Å²) in [6.45, 7) is 4.74. The number of para-hydroxylation sites is 1. The largest absolute Gasteiger partial charge is 0.342 e. The van der Waals surface area contributed by atoms with Gasteiger partial charge < -0.3 is 4.57 Å². The zero-order valence-electron chi connectivity index (χ0n) is 15.8. The molecule has 1 aliphatic carbocycles. The summed E-state index contributed by atoms with van der Waals surface area (Å²) in [5.74, 6) is 0. The van der Waals surface area contributed by atoms with Gasteiger partial charge in [0.05, 0.1) is 10.2 Å². The maximum absolute atomic E-state index is 2.42. The van der Waals surface area contributed by atoms with Crippen molar-refractivity contribution in [3.63, 3.8) is 0 Å². The SMILES string of the molecule is CCC1(C)c2ccccc2-c2c1sc1c2ccc2c3ccccc3n(C)c21. The molecule has 1 aliphatic rings. The lowest BCUT2D eigenvalue weighted by Gasteiger charge is -2.24. The second kappa shape index (κ2) is 5.02. The van der Waals surface area contributed by atoms with Crippen LogP contribution in [0.2, 0.25) is 0 Å². The maximum Gasteiger partial charge on any atom is 0.0670 e. The summed E-state index contributed by atoms with van der Waals surface area (Å²) in [6, 6.07) is 22.5. The third kappa shape index (κ3) is 1.70. The first-order valence-electron chi connectivity index (χ1n) is 9.68. The number of thiophene rings is 1. The molecule has 5 aromatic rings. The topological polar surface area (TPSA) is 4.93 Å². The molecule has 0 saturated carbocycles. The van der Waals surface area contributed by atoms with Crippen LogP contribution in [0, 0.1) is 0 Å². The van der Waals surface area contributed by atoms with E-state index in [4.69, 9.17) is 0 Å². The van der Waals surface area contributed by atoms with Crippen molar-refractivity contribution in [2.75, 3.05) is 0 Å². The molecule has 132 valence electrons. The van der Waals surface area contributed by atoms with E-state index in [9.17, 15) is 0 Å². The van der Waals surface area contributed by atoms with Gasteiger partial charge in [0, 0.05) is 44.6 Å². The maximum atomic E-state index is 2.42. The number of benzene rings is 3. The van der Waals surface area contributed by atoms with Crippen LogP contribution < -0.4 is 0 Å². The van der Waals surface area contributed by atoms with Crippen LogP contribution in [0.5, 0.6) is 0 Å². The van der Waals surface area contributed by atoms with E-state index in [2.05, 4.69) is 86.1 Å². The molecule has 3 aromatic carbocycles. The molecule has 0 fully saturated rings. The molecule has 0 spiro atoms. The number of rotatable bonds is 1. The van der Waals surface area contributed by atoms with Gasteiger partial charge in [-0.2, -0.15) is 0 Å². The minimum Gasteiger partial charge on any atom is -0.342 e. The quantitative estimate of drug-likeness (QED) is 0.294. The minimum atomic E-state index is 0.118. The first-order valence-corrected chi connectivity index (χ1v) is 10.5. The van der Waals surface area contributed by atoms with E-state index in [1.807, 2.05) is 11.3 Å². The van der Waals surface area contributed by atoms with Gasteiger partial charge in [0.2, 0.25) is 0 Å². The van der Waals surface area contributed by atoms with Gasteiger partial charge in [-0.05, 0) is 23.6 Å². The average Bonchev–Trinajstić information content (AvgIpc) is 3.31. The summed E-state index contributed by atoms with van der Waals surface area (Å²) in [6.07, 6.45) is 1.13. The van der Waals surface area contributed by atoms with E-state index in [0.717, 1.165) is 6.42 Å². The van der Waals surface area contributed by atoms with Crippen LogP contribution in [0.15, 0.2) is 60.7 Å². The molecule has 0 N–H and O–H groups in total. The van der Waals surface area contributed by atoms with E-state index in [0.29, 0.717) is 0 Å². The van der Waals surface area contributed by atoms with Crippen LogP contribution in [0.4, 0.5) is 0 Å². The molecule has 1 nitrogen and oxygen atoms in total. The van der Waals surface area contributed by atoms with Crippen molar-refractivity contribution in [3.8, 4) is 11.1 Å². The Morgan fingerprint density at radius 3 is 2.48 bits per heavy atom. The molecule has 2 heterocycles. The molecule has 0 aliphatic heterocycles. The Bertz CT molecular complexity index is 1380. The van der Waals surface area contributed by atoms with E-state index in [-0.39, 0.29) is 5.41 Å². The number of hydrogen-bond acceptors (Lipinski definition) is 1. The Hall–Kier alpha value is -2.58. The van der Waals surface area contributed by atoms with Gasteiger partial charge >= 0.3 is 0 Å². The fraction of sp³-hybridized carbons (Fsp3) is 0.200. The van der Waals surface area contributed by atoms with Crippen LogP contribution in [0.3, 0.4) is 0 Å². The summed E-state index contributed by atoms with van der Waals surface area (Å²) in [7, 11) is 2.21. The summed E-state index contributed by atoms with van der Waals surface area (Å²) < 4.78 is 3.82.